The van der Waals surface area contributed by atoms with Crippen molar-refractivity contribution in [2.24, 2.45) is 0 Å². The van der Waals surface area contributed by atoms with Crippen LogP contribution in [0.3, 0.4) is 0 Å². The SMILES string of the molecule is Cc1nc(C)c(-c2ccc(C(=O)NCCCN3CCC[C@@H](O)C3)cc2)s1. The molecule has 0 unspecified atom stereocenters. The second-order valence-electron chi connectivity index (χ2n) is 6.93. The molecule has 26 heavy (non-hydrogen) atoms. The number of likely N-dealkylation sites (tertiary alicyclic amines) is 1. The lowest BCUT2D eigenvalue weighted by atomic mass is 10.1. The fourth-order valence-electron chi connectivity index (χ4n) is 3.41. The Hall–Kier alpha value is -1.76. The van der Waals surface area contributed by atoms with Crippen molar-refractivity contribution < 1.29 is 9.90 Å². The molecule has 0 aliphatic carbocycles. The van der Waals surface area contributed by atoms with Crippen LogP contribution in [0.25, 0.3) is 10.4 Å². The number of aromatic nitrogens is 1. The first-order valence-electron chi connectivity index (χ1n) is 9.26. The smallest absolute Gasteiger partial charge is 0.251 e. The Bertz CT molecular complexity index is 742. The Labute approximate surface area is 159 Å². The molecule has 2 N–H and O–H groups in total. The number of nitrogens with one attached hydrogen (secondary N) is 1. The van der Waals surface area contributed by atoms with Crippen molar-refractivity contribution in [2.75, 3.05) is 26.2 Å². The number of nitrogens with zero attached hydrogens (tertiary/aromatic N) is 2. The maximum atomic E-state index is 12.3. The normalized spacial score (nSPS) is 18.0. The number of aryl methyl sites for hydroxylation is 2. The Morgan fingerprint density at radius 3 is 2.77 bits per heavy atom. The van der Waals surface area contributed by atoms with Gasteiger partial charge in [0.2, 0.25) is 0 Å². The Balaban J connectivity index is 1.47. The number of amides is 1. The number of hydrogen-bond donors (Lipinski definition) is 2. The van der Waals surface area contributed by atoms with Gasteiger partial charge in [0, 0.05) is 18.7 Å². The quantitative estimate of drug-likeness (QED) is 0.764. The van der Waals surface area contributed by atoms with E-state index in [4.69, 9.17) is 0 Å². The third-order valence-electron chi connectivity index (χ3n) is 4.73. The minimum Gasteiger partial charge on any atom is -0.392 e. The van der Waals surface area contributed by atoms with Gasteiger partial charge in [0.15, 0.2) is 0 Å². The molecule has 3 rings (SSSR count). The summed E-state index contributed by atoms with van der Waals surface area (Å²) in [5.74, 6) is -0.0348. The number of thiazole rings is 1. The van der Waals surface area contributed by atoms with Gasteiger partial charge >= 0.3 is 0 Å². The van der Waals surface area contributed by atoms with Crippen LogP contribution < -0.4 is 5.32 Å². The molecule has 1 amide bonds. The topological polar surface area (TPSA) is 65.5 Å². The van der Waals surface area contributed by atoms with Gasteiger partial charge in [-0.1, -0.05) is 12.1 Å². The van der Waals surface area contributed by atoms with Crippen molar-refractivity contribution in [1.82, 2.24) is 15.2 Å². The number of benzene rings is 1. The van der Waals surface area contributed by atoms with Crippen molar-refractivity contribution in [1.29, 1.82) is 0 Å². The molecular weight excluding hydrogens is 346 g/mol. The average Bonchev–Trinajstić information content (AvgIpc) is 2.97. The number of carbonyl (C=O) groups excluding carboxylic acids is 1. The molecular formula is C20H27N3O2S. The number of β-amino-alcohol motifs (C(OH)–C–C–N with tert-alkyl or cyclic N) is 1. The molecule has 1 aliphatic rings. The fourth-order valence-corrected chi connectivity index (χ4v) is 4.34. The number of piperidine rings is 1. The van der Waals surface area contributed by atoms with Crippen LogP contribution in [0.2, 0.25) is 0 Å². The van der Waals surface area contributed by atoms with Gasteiger partial charge in [-0.3, -0.25) is 4.79 Å². The Kier molecular flexibility index (Phi) is 6.40. The number of aliphatic hydroxyl groups is 1. The van der Waals surface area contributed by atoms with Gasteiger partial charge in [-0.2, -0.15) is 0 Å². The third kappa shape index (κ3) is 4.90. The first-order valence-corrected chi connectivity index (χ1v) is 10.1. The summed E-state index contributed by atoms with van der Waals surface area (Å²) in [6, 6.07) is 7.73. The number of aliphatic hydroxyl groups excluding tert-OH is 1. The van der Waals surface area contributed by atoms with E-state index in [1.54, 1.807) is 11.3 Å². The van der Waals surface area contributed by atoms with Crippen molar-refractivity contribution >= 4 is 17.2 Å². The van der Waals surface area contributed by atoms with Crippen LogP contribution in [-0.4, -0.2) is 53.2 Å². The van der Waals surface area contributed by atoms with Gasteiger partial charge in [-0.25, -0.2) is 4.98 Å². The van der Waals surface area contributed by atoms with E-state index < -0.39 is 0 Å². The molecule has 1 aromatic carbocycles. The van der Waals surface area contributed by atoms with Crippen molar-refractivity contribution in [2.45, 2.75) is 39.2 Å². The monoisotopic (exact) mass is 373 g/mol. The predicted octanol–water partition coefficient (Wildman–Crippen LogP) is 3.00. The molecule has 1 atom stereocenters. The Morgan fingerprint density at radius 1 is 1.35 bits per heavy atom. The van der Waals surface area contributed by atoms with Gasteiger partial charge < -0.3 is 15.3 Å². The van der Waals surface area contributed by atoms with E-state index in [2.05, 4.69) is 15.2 Å². The molecule has 0 radical (unpaired) electrons. The predicted molar refractivity (Wildman–Crippen MR) is 106 cm³/mol. The van der Waals surface area contributed by atoms with E-state index in [1.807, 2.05) is 38.1 Å². The van der Waals surface area contributed by atoms with E-state index in [-0.39, 0.29) is 12.0 Å². The van der Waals surface area contributed by atoms with Crippen molar-refractivity contribution in [3.63, 3.8) is 0 Å². The van der Waals surface area contributed by atoms with Gasteiger partial charge in [0.1, 0.15) is 0 Å². The minimum absolute atomic E-state index is 0.0348. The lowest BCUT2D eigenvalue weighted by Crippen LogP contribution is -2.39. The molecule has 2 aromatic rings. The molecule has 5 nitrogen and oxygen atoms in total. The summed E-state index contributed by atoms with van der Waals surface area (Å²) in [4.78, 5) is 20.2. The molecule has 140 valence electrons. The summed E-state index contributed by atoms with van der Waals surface area (Å²) in [5.41, 5.74) is 2.82. The lowest BCUT2D eigenvalue weighted by molar-refractivity contribution is 0.0697. The van der Waals surface area contributed by atoms with Crippen LogP contribution in [0, 0.1) is 13.8 Å². The van der Waals surface area contributed by atoms with Crippen molar-refractivity contribution in [3.05, 3.63) is 40.5 Å². The summed E-state index contributed by atoms with van der Waals surface area (Å²) in [6.45, 7) is 7.39. The largest absolute Gasteiger partial charge is 0.392 e. The number of hydrogen-bond acceptors (Lipinski definition) is 5. The standard InChI is InChI=1S/C20H27N3O2S/c1-14-19(26-15(2)22-14)16-6-8-17(9-7-16)20(25)21-10-4-12-23-11-3-5-18(24)13-23/h6-9,18,24H,3-5,10-13H2,1-2H3,(H,21,25)/t18-/m1/s1. The summed E-state index contributed by atoms with van der Waals surface area (Å²) >= 11 is 1.68. The zero-order chi connectivity index (χ0) is 18.5. The average molecular weight is 374 g/mol. The molecule has 1 aliphatic heterocycles. The first kappa shape index (κ1) is 19.0. The molecule has 0 spiro atoms. The third-order valence-corrected chi connectivity index (χ3v) is 5.85. The van der Waals surface area contributed by atoms with Crippen LogP contribution in [0.15, 0.2) is 24.3 Å². The summed E-state index contributed by atoms with van der Waals surface area (Å²) in [5, 5.41) is 13.7. The lowest BCUT2D eigenvalue weighted by Gasteiger charge is -2.29. The highest BCUT2D eigenvalue weighted by atomic mass is 32.1. The van der Waals surface area contributed by atoms with Gasteiger partial charge in [-0.15, -0.1) is 11.3 Å². The van der Waals surface area contributed by atoms with Gasteiger partial charge in [0.25, 0.3) is 5.91 Å². The van der Waals surface area contributed by atoms with Gasteiger partial charge in [-0.05, 0) is 63.9 Å². The van der Waals surface area contributed by atoms with Gasteiger partial charge in [0.05, 0.1) is 21.7 Å². The molecule has 0 bridgehead atoms. The van der Waals surface area contributed by atoms with E-state index in [0.29, 0.717) is 12.1 Å². The molecule has 0 saturated carbocycles. The fraction of sp³-hybridized carbons (Fsp3) is 0.500. The van der Waals surface area contributed by atoms with E-state index >= 15 is 0 Å². The molecule has 2 heterocycles. The Morgan fingerprint density at radius 2 is 2.12 bits per heavy atom. The summed E-state index contributed by atoms with van der Waals surface area (Å²) in [6.07, 6.45) is 2.67. The van der Waals surface area contributed by atoms with Crippen LogP contribution in [0.1, 0.15) is 40.3 Å². The second kappa shape index (κ2) is 8.75. The summed E-state index contributed by atoms with van der Waals surface area (Å²) in [7, 11) is 0. The minimum atomic E-state index is -0.192. The first-order chi connectivity index (χ1) is 12.5. The van der Waals surface area contributed by atoms with E-state index in [9.17, 15) is 9.90 Å². The van der Waals surface area contributed by atoms with Crippen LogP contribution in [-0.2, 0) is 0 Å². The molecule has 1 fully saturated rings. The van der Waals surface area contributed by atoms with Crippen LogP contribution in [0.5, 0.6) is 0 Å². The van der Waals surface area contributed by atoms with E-state index in [1.165, 1.54) is 0 Å². The number of rotatable bonds is 6. The van der Waals surface area contributed by atoms with E-state index in [0.717, 1.165) is 60.0 Å². The molecule has 1 aromatic heterocycles. The summed E-state index contributed by atoms with van der Waals surface area (Å²) < 4.78 is 0. The highest BCUT2D eigenvalue weighted by molar-refractivity contribution is 7.15. The van der Waals surface area contributed by atoms with Crippen LogP contribution >= 0.6 is 11.3 Å². The van der Waals surface area contributed by atoms with Crippen LogP contribution in [0.4, 0.5) is 0 Å². The zero-order valence-corrected chi connectivity index (χ0v) is 16.3. The number of carbonyl (C=O) groups is 1. The maximum Gasteiger partial charge on any atom is 0.251 e. The van der Waals surface area contributed by atoms with Crippen molar-refractivity contribution in [3.8, 4) is 10.4 Å². The zero-order valence-electron chi connectivity index (χ0n) is 15.5. The highest BCUT2D eigenvalue weighted by Gasteiger charge is 2.17. The highest BCUT2D eigenvalue weighted by Crippen LogP contribution is 2.29. The molecule has 6 heteroatoms. The second-order valence-corrected chi connectivity index (χ2v) is 8.13. The maximum absolute atomic E-state index is 12.3. The molecule has 1 saturated heterocycles.